The van der Waals surface area contributed by atoms with Crippen molar-refractivity contribution < 1.29 is 27.9 Å². The van der Waals surface area contributed by atoms with Crippen LogP contribution >= 0.6 is 0 Å². The number of amides is 2. The molecular formula is C13H11F3N2O3. The zero-order chi connectivity index (χ0) is 16.0. The van der Waals surface area contributed by atoms with E-state index in [1.807, 2.05) is 0 Å². The SMILES string of the molecule is CC#CCNC(=O)Nc1cc(C(F)(F)F)ccc1C(=O)O. The van der Waals surface area contributed by atoms with Crippen LogP contribution in [0.4, 0.5) is 23.7 Å². The zero-order valence-corrected chi connectivity index (χ0v) is 10.8. The van der Waals surface area contributed by atoms with Gasteiger partial charge in [0, 0.05) is 0 Å². The summed E-state index contributed by atoms with van der Waals surface area (Å²) in [7, 11) is 0. The van der Waals surface area contributed by atoms with Crippen molar-refractivity contribution in [2.75, 3.05) is 11.9 Å². The molecule has 0 atom stereocenters. The summed E-state index contributed by atoms with van der Waals surface area (Å²) in [6.07, 6.45) is -4.64. The summed E-state index contributed by atoms with van der Waals surface area (Å²) in [5, 5.41) is 13.2. The molecule has 0 bridgehead atoms. The summed E-state index contributed by atoms with van der Waals surface area (Å²) in [6.45, 7) is 1.54. The van der Waals surface area contributed by atoms with Crippen molar-refractivity contribution in [3.63, 3.8) is 0 Å². The molecule has 0 radical (unpaired) electrons. The average Bonchev–Trinajstić information content (AvgIpc) is 2.37. The molecule has 1 aromatic rings. The maximum Gasteiger partial charge on any atom is 0.416 e. The monoisotopic (exact) mass is 300 g/mol. The number of carbonyl (C=O) groups is 2. The lowest BCUT2D eigenvalue weighted by Crippen LogP contribution is -2.29. The number of aromatic carboxylic acids is 1. The number of carbonyl (C=O) groups excluding carboxylic acids is 1. The second-order valence-electron chi connectivity index (χ2n) is 3.80. The van der Waals surface area contributed by atoms with Gasteiger partial charge in [-0.25, -0.2) is 9.59 Å². The summed E-state index contributed by atoms with van der Waals surface area (Å²) < 4.78 is 37.8. The third kappa shape index (κ3) is 4.72. The van der Waals surface area contributed by atoms with Gasteiger partial charge in [-0.1, -0.05) is 5.92 Å². The van der Waals surface area contributed by atoms with Crippen molar-refractivity contribution in [1.29, 1.82) is 0 Å². The first-order chi connectivity index (χ1) is 9.75. The smallest absolute Gasteiger partial charge is 0.416 e. The van der Waals surface area contributed by atoms with Crippen LogP contribution in [0.3, 0.4) is 0 Å². The first-order valence-corrected chi connectivity index (χ1v) is 5.64. The second-order valence-corrected chi connectivity index (χ2v) is 3.80. The Bertz CT molecular complexity index is 615. The molecule has 112 valence electrons. The van der Waals surface area contributed by atoms with Gasteiger partial charge in [-0.2, -0.15) is 13.2 Å². The number of halogens is 3. The van der Waals surface area contributed by atoms with Crippen molar-refractivity contribution in [2.24, 2.45) is 0 Å². The Morgan fingerprint density at radius 1 is 1.33 bits per heavy atom. The van der Waals surface area contributed by atoms with Gasteiger partial charge in [-0.05, 0) is 25.1 Å². The van der Waals surface area contributed by atoms with E-state index in [9.17, 15) is 22.8 Å². The van der Waals surface area contributed by atoms with Gasteiger partial charge >= 0.3 is 18.2 Å². The predicted molar refractivity (Wildman–Crippen MR) is 68.9 cm³/mol. The van der Waals surface area contributed by atoms with E-state index < -0.39 is 35.0 Å². The molecule has 0 fully saturated rings. The number of urea groups is 1. The standard InChI is InChI=1S/C13H11F3N2O3/c1-2-3-6-17-12(21)18-10-7-8(13(14,15)16)4-5-9(10)11(19)20/h4-5,7H,6H2,1H3,(H,19,20)(H2,17,18,21). The normalized spacial score (nSPS) is 10.3. The number of hydrogen-bond acceptors (Lipinski definition) is 2. The highest BCUT2D eigenvalue weighted by atomic mass is 19.4. The maximum absolute atomic E-state index is 12.6. The highest BCUT2D eigenvalue weighted by Gasteiger charge is 2.31. The van der Waals surface area contributed by atoms with Crippen molar-refractivity contribution in [2.45, 2.75) is 13.1 Å². The highest BCUT2D eigenvalue weighted by molar-refractivity contribution is 6.00. The second kappa shape index (κ2) is 6.65. The van der Waals surface area contributed by atoms with Gasteiger partial charge in [-0.15, -0.1) is 5.92 Å². The molecule has 0 aliphatic heterocycles. The van der Waals surface area contributed by atoms with Gasteiger partial charge in [0.1, 0.15) is 0 Å². The van der Waals surface area contributed by atoms with Crippen LogP contribution in [-0.4, -0.2) is 23.7 Å². The molecule has 0 aliphatic carbocycles. The van der Waals surface area contributed by atoms with E-state index >= 15 is 0 Å². The van der Waals surface area contributed by atoms with E-state index in [1.165, 1.54) is 0 Å². The molecular weight excluding hydrogens is 289 g/mol. The van der Waals surface area contributed by atoms with Crippen molar-refractivity contribution in [3.05, 3.63) is 29.3 Å². The Morgan fingerprint density at radius 3 is 2.52 bits per heavy atom. The number of benzene rings is 1. The summed E-state index contributed by atoms with van der Waals surface area (Å²) in [5.41, 5.74) is -1.95. The Hall–Kier alpha value is -2.69. The largest absolute Gasteiger partial charge is 0.478 e. The van der Waals surface area contributed by atoms with Gasteiger partial charge in [0.15, 0.2) is 0 Å². The summed E-state index contributed by atoms with van der Waals surface area (Å²) in [5.74, 6) is 3.58. The number of anilines is 1. The molecule has 0 saturated heterocycles. The molecule has 1 rings (SSSR count). The molecule has 21 heavy (non-hydrogen) atoms. The molecule has 0 unspecified atom stereocenters. The highest BCUT2D eigenvalue weighted by Crippen LogP contribution is 2.32. The quantitative estimate of drug-likeness (QED) is 0.751. The Kier molecular flexibility index (Phi) is 5.18. The third-order valence-electron chi connectivity index (χ3n) is 2.34. The van der Waals surface area contributed by atoms with E-state index in [1.54, 1.807) is 6.92 Å². The number of carboxylic acid groups (broad SMARTS) is 1. The van der Waals surface area contributed by atoms with E-state index in [-0.39, 0.29) is 6.54 Å². The molecule has 0 heterocycles. The Morgan fingerprint density at radius 2 is 2.00 bits per heavy atom. The van der Waals surface area contributed by atoms with Crippen LogP contribution in [0.5, 0.6) is 0 Å². The van der Waals surface area contributed by atoms with Gasteiger partial charge in [0.2, 0.25) is 0 Å². The van der Waals surface area contributed by atoms with E-state index in [4.69, 9.17) is 5.11 Å². The van der Waals surface area contributed by atoms with Gasteiger partial charge < -0.3 is 15.7 Å². The van der Waals surface area contributed by atoms with Crippen LogP contribution in [0.25, 0.3) is 0 Å². The van der Waals surface area contributed by atoms with Crippen molar-refractivity contribution in [3.8, 4) is 11.8 Å². The summed E-state index contributed by atoms with van der Waals surface area (Å²) >= 11 is 0. The fraction of sp³-hybridized carbons (Fsp3) is 0.231. The number of carboxylic acids is 1. The van der Waals surface area contributed by atoms with Crippen LogP contribution < -0.4 is 10.6 Å². The molecule has 3 N–H and O–H groups in total. The van der Waals surface area contributed by atoms with Crippen LogP contribution in [-0.2, 0) is 6.18 Å². The first-order valence-electron chi connectivity index (χ1n) is 5.64. The fourth-order valence-corrected chi connectivity index (χ4v) is 1.39. The number of rotatable bonds is 3. The van der Waals surface area contributed by atoms with E-state index in [0.717, 1.165) is 6.07 Å². The minimum Gasteiger partial charge on any atom is -0.478 e. The fourth-order valence-electron chi connectivity index (χ4n) is 1.39. The van der Waals surface area contributed by atoms with Crippen LogP contribution in [0.15, 0.2) is 18.2 Å². The average molecular weight is 300 g/mol. The molecule has 5 nitrogen and oxygen atoms in total. The van der Waals surface area contributed by atoms with Gasteiger partial charge in [-0.3, -0.25) is 0 Å². The first kappa shape index (κ1) is 16.4. The van der Waals surface area contributed by atoms with Crippen molar-refractivity contribution in [1.82, 2.24) is 5.32 Å². The third-order valence-corrected chi connectivity index (χ3v) is 2.34. The molecule has 1 aromatic carbocycles. The minimum absolute atomic E-state index is 0.0102. The molecule has 2 amide bonds. The topological polar surface area (TPSA) is 78.4 Å². The Labute approximate surface area is 118 Å². The lowest BCUT2D eigenvalue weighted by atomic mass is 10.1. The summed E-state index contributed by atoms with van der Waals surface area (Å²) in [6, 6.07) is 1.13. The molecule has 0 saturated carbocycles. The lowest BCUT2D eigenvalue weighted by molar-refractivity contribution is -0.137. The Balaban J connectivity index is 3.03. The van der Waals surface area contributed by atoms with E-state index in [2.05, 4.69) is 22.5 Å². The molecule has 8 heteroatoms. The van der Waals surface area contributed by atoms with Gasteiger partial charge in [0.05, 0.1) is 23.4 Å². The zero-order valence-electron chi connectivity index (χ0n) is 10.8. The number of alkyl halides is 3. The van der Waals surface area contributed by atoms with Crippen LogP contribution in [0.2, 0.25) is 0 Å². The molecule has 0 spiro atoms. The molecule has 0 aliphatic rings. The summed E-state index contributed by atoms with van der Waals surface area (Å²) in [4.78, 5) is 22.4. The maximum atomic E-state index is 12.6. The van der Waals surface area contributed by atoms with Crippen LogP contribution in [0, 0.1) is 11.8 Å². The van der Waals surface area contributed by atoms with Crippen molar-refractivity contribution >= 4 is 17.7 Å². The van der Waals surface area contributed by atoms with Crippen LogP contribution in [0.1, 0.15) is 22.8 Å². The predicted octanol–water partition coefficient (Wildman–Crippen LogP) is 2.55. The lowest BCUT2D eigenvalue weighted by Gasteiger charge is -2.12. The number of nitrogens with one attached hydrogen (secondary N) is 2. The molecule has 0 aromatic heterocycles. The number of hydrogen-bond donors (Lipinski definition) is 3. The minimum atomic E-state index is -4.64. The van der Waals surface area contributed by atoms with Gasteiger partial charge in [0.25, 0.3) is 0 Å². The van der Waals surface area contributed by atoms with E-state index in [0.29, 0.717) is 12.1 Å².